The third kappa shape index (κ3) is 2.14. The summed E-state index contributed by atoms with van der Waals surface area (Å²) in [6.07, 6.45) is 0.793. The molecular weight excluding hydrogens is 154 g/mol. The smallest absolute Gasteiger partial charge is 0.0991 e. The molecule has 54 valence electrons. The molecule has 0 bridgehead atoms. The summed E-state index contributed by atoms with van der Waals surface area (Å²) >= 11 is 4.71. The van der Waals surface area contributed by atoms with Gasteiger partial charge in [-0.2, -0.15) is 5.26 Å². The zero-order chi connectivity index (χ0) is 8.10. The Kier molecular flexibility index (Phi) is 2.76. The van der Waals surface area contributed by atoms with Crippen molar-refractivity contribution in [3.8, 4) is 6.07 Å². The Hall–Kier alpha value is -1.20. The van der Waals surface area contributed by atoms with Crippen molar-refractivity contribution in [3.63, 3.8) is 0 Å². The predicted molar refractivity (Wildman–Crippen MR) is 48.5 cm³/mol. The number of nitriles is 1. The minimum atomic E-state index is 0.693. The lowest BCUT2D eigenvalue weighted by atomic mass is 10.1. The molecule has 11 heavy (non-hydrogen) atoms. The van der Waals surface area contributed by atoms with Crippen LogP contribution >= 0.6 is 12.2 Å². The summed E-state index contributed by atoms with van der Waals surface area (Å²) in [6.45, 7) is 0. The molecule has 2 heteroatoms. The number of hydrogen-bond donors (Lipinski definition) is 0. The minimum Gasteiger partial charge on any atom is -0.192 e. The second kappa shape index (κ2) is 3.85. The first-order chi connectivity index (χ1) is 5.36. The van der Waals surface area contributed by atoms with E-state index in [2.05, 4.69) is 6.07 Å². The van der Waals surface area contributed by atoms with Crippen LogP contribution in [0.4, 0.5) is 0 Å². The van der Waals surface area contributed by atoms with Crippen molar-refractivity contribution in [3.05, 3.63) is 35.4 Å². The van der Waals surface area contributed by atoms with Gasteiger partial charge in [0.15, 0.2) is 0 Å². The fourth-order valence-electron chi connectivity index (χ4n) is 0.812. The molecule has 0 saturated carbocycles. The average Bonchev–Trinajstić information content (AvgIpc) is 2.07. The molecule has 0 heterocycles. The fourth-order valence-corrected chi connectivity index (χ4v) is 1.00. The van der Waals surface area contributed by atoms with Crippen LogP contribution in [0.2, 0.25) is 0 Å². The van der Waals surface area contributed by atoms with Gasteiger partial charge in [-0.25, -0.2) is 0 Å². The second-order valence-electron chi connectivity index (χ2n) is 2.18. The van der Waals surface area contributed by atoms with E-state index in [0.29, 0.717) is 5.56 Å². The normalized spacial score (nSPS) is 8.64. The summed E-state index contributed by atoms with van der Waals surface area (Å²) in [5, 5.41) is 10.2. The van der Waals surface area contributed by atoms with Crippen LogP contribution in [0.25, 0.3) is 0 Å². The molecule has 0 aliphatic heterocycles. The maximum Gasteiger partial charge on any atom is 0.0991 e. The maximum atomic E-state index is 8.48. The lowest BCUT2D eigenvalue weighted by Crippen LogP contribution is -1.83. The van der Waals surface area contributed by atoms with Gasteiger partial charge in [0.25, 0.3) is 0 Å². The Balaban J connectivity index is 2.84. The van der Waals surface area contributed by atoms with E-state index in [4.69, 9.17) is 17.5 Å². The van der Waals surface area contributed by atoms with E-state index in [1.54, 1.807) is 17.5 Å². The Morgan fingerprint density at radius 3 is 2.45 bits per heavy atom. The zero-order valence-corrected chi connectivity index (χ0v) is 6.77. The average molecular weight is 161 g/mol. The highest BCUT2D eigenvalue weighted by Crippen LogP contribution is 2.02. The lowest BCUT2D eigenvalue weighted by Gasteiger charge is -1.93. The summed E-state index contributed by atoms with van der Waals surface area (Å²) in [5.41, 5.74) is 1.84. The monoisotopic (exact) mass is 161 g/mol. The van der Waals surface area contributed by atoms with Gasteiger partial charge in [0.05, 0.1) is 11.6 Å². The highest BCUT2D eigenvalue weighted by Gasteiger charge is 1.90. The number of benzene rings is 1. The molecule has 0 aliphatic rings. The standard InChI is InChI=1S/C9H7NS/c10-7-9-3-1-8(2-4-9)5-6-11/h1-4,6H,5H2. The van der Waals surface area contributed by atoms with Gasteiger partial charge in [0.1, 0.15) is 0 Å². The van der Waals surface area contributed by atoms with Crippen molar-refractivity contribution in [2.45, 2.75) is 6.42 Å². The summed E-state index contributed by atoms with van der Waals surface area (Å²) in [5.74, 6) is 0. The fraction of sp³-hybridized carbons (Fsp3) is 0.111. The number of hydrogen-bond acceptors (Lipinski definition) is 2. The van der Waals surface area contributed by atoms with Gasteiger partial charge in [-0.1, -0.05) is 24.4 Å². The summed E-state index contributed by atoms with van der Waals surface area (Å²) in [6, 6.07) is 9.50. The van der Waals surface area contributed by atoms with Gasteiger partial charge in [0, 0.05) is 6.42 Å². The van der Waals surface area contributed by atoms with Gasteiger partial charge in [0.2, 0.25) is 0 Å². The third-order valence-electron chi connectivity index (χ3n) is 1.40. The quantitative estimate of drug-likeness (QED) is 0.620. The molecular formula is C9H7NS. The summed E-state index contributed by atoms with van der Waals surface area (Å²) in [4.78, 5) is 0. The van der Waals surface area contributed by atoms with Crippen LogP contribution in [0, 0.1) is 11.3 Å². The van der Waals surface area contributed by atoms with E-state index in [1.807, 2.05) is 12.1 Å². The second-order valence-corrected chi connectivity index (χ2v) is 2.51. The number of rotatable bonds is 2. The predicted octanol–water partition coefficient (Wildman–Crippen LogP) is 2.10. The zero-order valence-electron chi connectivity index (χ0n) is 5.95. The van der Waals surface area contributed by atoms with Crippen LogP contribution in [0.1, 0.15) is 11.1 Å². The Morgan fingerprint density at radius 1 is 1.36 bits per heavy atom. The molecule has 0 spiro atoms. The van der Waals surface area contributed by atoms with Gasteiger partial charge in [-0.3, -0.25) is 0 Å². The molecule has 0 atom stereocenters. The molecule has 0 N–H and O–H groups in total. The molecule has 1 nitrogen and oxygen atoms in total. The van der Waals surface area contributed by atoms with Gasteiger partial charge in [-0.15, -0.1) is 0 Å². The molecule has 0 fully saturated rings. The molecule has 1 rings (SSSR count). The number of nitrogens with zero attached hydrogens (tertiary/aromatic N) is 1. The van der Waals surface area contributed by atoms with Crippen molar-refractivity contribution >= 4 is 17.6 Å². The number of thiocarbonyl (C=S) groups is 1. The summed E-state index contributed by atoms with van der Waals surface area (Å²) in [7, 11) is 0. The first kappa shape index (κ1) is 7.90. The molecule has 1 aromatic carbocycles. The molecule has 0 unspecified atom stereocenters. The van der Waals surface area contributed by atoms with Crippen molar-refractivity contribution in [1.29, 1.82) is 5.26 Å². The highest BCUT2D eigenvalue weighted by atomic mass is 32.1. The molecule has 1 aromatic rings. The van der Waals surface area contributed by atoms with Gasteiger partial charge >= 0.3 is 0 Å². The minimum absolute atomic E-state index is 0.693. The Labute approximate surface area is 71.3 Å². The van der Waals surface area contributed by atoms with Crippen molar-refractivity contribution < 1.29 is 0 Å². The van der Waals surface area contributed by atoms with E-state index < -0.39 is 0 Å². The van der Waals surface area contributed by atoms with Gasteiger partial charge < -0.3 is 0 Å². The highest BCUT2D eigenvalue weighted by molar-refractivity contribution is 7.78. The molecule has 0 aromatic heterocycles. The maximum absolute atomic E-state index is 8.48. The van der Waals surface area contributed by atoms with Crippen molar-refractivity contribution in [1.82, 2.24) is 0 Å². The first-order valence-corrected chi connectivity index (χ1v) is 3.76. The molecule has 0 aliphatic carbocycles. The van der Waals surface area contributed by atoms with Crippen molar-refractivity contribution in [2.24, 2.45) is 0 Å². The Morgan fingerprint density at radius 2 is 2.00 bits per heavy atom. The summed E-state index contributed by atoms with van der Waals surface area (Å²) < 4.78 is 0. The van der Waals surface area contributed by atoms with E-state index in [1.165, 1.54) is 0 Å². The first-order valence-electron chi connectivity index (χ1n) is 3.29. The van der Waals surface area contributed by atoms with Crippen LogP contribution in [-0.2, 0) is 6.42 Å². The largest absolute Gasteiger partial charge is 0.192 e. The lowest BCUT2D eigenvalue weighted by molar-refractivity contribution is 1.36. The van der Waals surface area contributed by atoms with Crippen LogP contribution in [-0.4, -0.2) is 5.37 Å². The van der Waals surface area contributed by atoms with Crippen molar-refractivity contribution in [2.75, 3.05) is 0 Å². The molecule has 0 saturated heterocycles. The van der Waals surface area contributed by atoms with Crippen LogP contribution in [0.15, 0.2) is 24.3 Å². The van der Waals surface area contributed by atoms with E-state index in [9.17, 15) is 0 Å². The van der Waals surface area contributed by atoms with E-state index in [-0.39, 0.29) is 0 Å². The van der Waals surface area contributed by atoms with Gasteiger partial charge in [-0.05, 0) is 23.1 Å². The topological polar surface area (TPSA) is 23.8 Å². The van der Waals surface area contributed by atoms with E-state index >= 15 is 0 Å². The van der Waals surface area contributed by atoms with Crippen LogP contribution < -0.4 is 0 Å². The Bertz CT molecular complexity index is 281. The van der Waals surface area contributed by atoms with Crippen LogP contribution in [0.5, 0.6) is 0 Å². The molecule has 0 amide bonds. The van der Waals surface area contributed by atoms with E-state index in [0.717, 1.165) is 12.0 Å². The SMILES string of the molecule is N#Cc1ccc(CC=S)cc1. The third-order valence-corrected chi connectivity index (χ3v) is 1.57. The van der Waals surface area contributed by atoms with Crippen LogP contribution in [0.3, 0.4) is 0 Å². The molecule has 0 radical (unpaired) electrons.